The Kier molecular flexibility index (Phi) is 26.0. The Balaban J connectivity index is 4.46. The molecule has 3 N–H and O–H groups in total. The van der Waals surface area contributed by atoms with Crippen LogP contribution in [0.1, 0.15) is 155 Å². The van der Waals surface area contributed by atoms with E-state index in [9.17, 15) is 14.4 Å². The molecular formula is C33H62NO6+. The van der Waals surface area contributed by atoms with E-state index in [0.29, 0.717) is 19.3 Å². The smallest absolute Gasteiger partial charge is 0.303 e. The molecular weight excluding hydrogens is 506 g/mol. The number of aliphatic carboxylic acids is 3. The third-order valence-electron chi connectivity index (χ3n) is 7.96. The van der Waals surface area contributed by atoms with E-state index < -0.39 is 17.9 Å². The zero-order chi connectivity index (χ0) is 29.7. The van der Waals surface area contributed by atoms with Crippen LogP contribution in [-0.4, -0.2) is 63.9 Å². The zero-order valence-electron chi connectivity index (χ0n) is 25.8. The molecule has 0 heterocycles. The van der Waals surface area contributed by atoms with E-state index >= 15 is 0 Å². The molecule has 0 bridgehead atoms. The minimum Gasteiger partial charge on any atom is -0.481 e. The summed E-state index contributed by atoms with van der Waals surface area (Å²) >= 11 is 0. The van der Waals surface area contributed by atoms with Gasteiger partial charge in [0.05, 0.1) is 26.2 Å². The first-order valence-corrected chi connectivity index (χ1v) is 16.5. The third kappa shape index (κ3) is 26.3. The summed E-state index contributed by atoms with van der Waals surface area (Å²) < 4.78 is 0.865. The summed E-state index contributed by atoms with van der Waals surface area (Å²) in [5.74, 6) is -2.31. The number of hydrogen-bond donors (Lipinski definition) is 3. The van der Waals surface area contributed by atoms with Gasteiger partial charge in [-0.3, -0.25) is 14.4 Å². The van der Waals surface area contributed by atoms with Gasteiger partial charge in [-0.15, -0.1) is 0 Å². The molecule has 0 saturated heterocycles. The maximum absolute atomic E-state index is 11.0. The fraction of sp³-hybridized carbons (Fsp3) is 0.848. The molecule has 0 aliphatic heterocycles. The van der Waals surface area contributed by atoms with Crippen molar-refractivity contribution >= 4 is 17.9 Å². The van der Waals surface area contributed by atoms with E-state index in [1.807, 2.05) is 0 Å². The molecule has 0 rings (SSSR count). The van der Waals surface area contributed by atoms with Gasteiger partial charge in [-0.05, 0) is 77.0 Å². The first kappa shape index (κ1) is 38.1. The highest BCUT2D eigenvalue weighted by molar-refractivity contribution is 5.67. The monoisotopic (exact) mass is 568 g/mol. The Labute approximate surface area is 245 Å². The van der Waals surface area contributed by atoms with Crippen LogP contribution in [-0.2, 0) is 14.4 Å². The number of nitrogens with zero attached hydrogens (tertiary/aromatic N) is 1. The van der Waals surface area contributed by atoms with Crippen LogP contribution in [0.3, 0.4) is 0 Å². The van der Waals surface area contributed by atoms with Crippen molar-refractivity contribution < 1.29 is 34.2 Å². The van der Waals surface area contributed by atoms with Crippen LogP contribution in [0.15, 0.2) is 12.2 Å². The Morgan fingerprint density at radius 2 is 0.750 bits per heavy atom. The Hall–Kier alpha value is -1.89. The number of rotatable bonds is 31. The molecule has 0 radical (unpaired) electrons. The number of allylic oxidation sites excluding steroid dienone is 2. The van der Waals surface area contributed by atoms with Crippen LogP contribution in [0, 0.1) is 0 Å². The normalized spacial score (nSPS) is 11.8. The summed E-state index contributed by atoms with van der Waals surface area (Å²) in [6.07, 6.45) is 27.4. The Bertz CT molecular complexity index is 608. The first-order valence-electron chi connectivity index (χ1n) is 16.5. The molecule has 7 heteroatoms. The van der Waals surface area contributed by atoms with Crippen LogP contribution in [0.5, 0.6) is 0 Å². The van der Waals surface area contributed by atoms with E-state index in [1.54, 1.807) is 0 Å². The molecule has 0 saturated carbocycles. The molecule has 0 spiro atoms. The van der Waals surface area contributed by atoms with Crippen molar-refractivity contribution in [2.75, 3.05) is 26.2 Å². The number of quaternary nitrogens is 1. The fourth-order valence-corrected chi connectivity index (χ4v) is 5.54. The van der Waals surface area contributed by atoms with Crippen molar-refractivity contribution in [3.63, 3.8) is 0 Å². The minimum atomic E-state index is -0.769. The quantitative estimate of drug-likeness (QED) is 0.0438. The van der Waals surface area contributed by atoms with Gasteiger partial charge in [-0.1, -0.05) is 70.4 Å². The second kappa shape index (κ2) is 27.3. The first-order chi connectivity index (χ1) is 19.3. The largest absolute Gasteiger partial charge is 0.481 e. The number of carboxylic acid groups (broad SMARTS) is 3. The van der Waals surface area contributed by atoms with Gasteiger partial charge in [-0.2, -0.15) is 0 Å². The number of carboxylic acids is 3. The van der Waals surface area contributed by atoms with Gasteiger partial charge in [0.25, 0.3) is 0 Å². The predicted molar refractivity (Wildman–Crippen MR) is 164 cm³/mol. The van der Waals surface area contributed by atoms with Crippen LogP contribution in [0.2, 0.25) is 0 Å². The van der Waals surface area contributed by atoms with Gasteiger partial charge in [-0.25, -0.2) is 0 Å². The van der Waals surface area contributed by atoms with Crippen molar-refractivity contribution in [2.45, 2.75) is 155 Å². The molecule has 0 aliphatic carbocycles. The summed E-state index contributed by atoms with van der Waals surface area (Å²) in [7, 11) is 0. The van der Waals surface area contributed by atoms with E-state index in [2.05, 4.69) is 19.1 Å². The molecule has 40 heavy (non-hydrogen) atoms. The minimum absolute atomic E-state index is 0.173. The number of unbranched alkanes of at least 4 members (excludes halogenated alkanes) is 15. The molecule has 0 aromatic heterocycles. The average molecular weight is 569 g/mol. The van der Waals surface area contributed by atoms with Crippen molar-refractivity contribution in [3.8, 4) is 0 Å². The van der Waals surface area contributed by atoms with Crippen LogP contribution >= 0.6 is 0 Å². The van der Waals surface area contributed by atoms with Crippen molar-refractivity contribution in [1.82, 2.24) is 0 Å². The highest BCUT2D eigenvalue weighted by Gasteiger charge is 2.26. The second-order valence-electron chi connectivity index (χ2n) is 11.7. The lowest BCUT2D eigenvalue weighted by Gasteiger charge is -2.39. The van der Waals surface area contributed by atoms with Gasteiger partial charge in [0.15, 0.2) is 0 Å². The van der Waals surface area contributed by atoms with Crippen molar-refractivity contribution in [1.29, 1.82) is 0 Å². The SMILES string of the molecule is CCCCCCC/C=C/CCCCCCCCC[N+](CCCCC(=O)O)(CCCCC(=O)O)CCCCC(=O)O. The van der Waals surface area contributed by atoms with Crippen LogP contribution < -0.4 is 0 Å². The predicted octanol–water partition coefficient (Wildman–Crippen LogP) is 8.61. The molecule has 0 atom stereocenters. The molecule has 234 valence electrons. The lowest BCUT2D eigenvalue weighted by atomic mass is 10.1. The summed E-state index contributed by atoms with van der Waals surface area (Å²) in [5.41, 5.74) is 0. The van der Waals surface area contributed by atoms with Crippen molar-refractivity contribution in [3.05, 3.63) is 12.2 Å². The molecule has 0 aliphatic rings. The third-order valence-corrected chi connectivity index (χ3v) is 7.96. The van der Waals surface area contributed by atoms with E-state index in [1.165, 1.54) is 83.5 Å². The van der Waals surface area contributed by atoms with Crippen LogP contribution in [0.25, 0.3) is 0 Å². The topological polar surface area (TPSA) is 112 Å². The summed E-state index contributed by atoms with van der Waals surface area (Å²) in [6, 6.07) is 0. The molecule has 0 aromatic carbocycles. The molecule has 0 aromatic rings. The van der Waals surface area contributed by atoms with E-state index in [-0.39, 0.29) is 19.3 Å². The molecule has 7 nitrogen and oxygen atoms in total. The highest BCUT2D eigenvalue weighted by Crippen LogP contribution is 2.19. The Morgan fingerprint density at radius 3 is 1.10 bits per heavy atom. The maximum atomic E-state index is 11.0. The second-order valence-corrected chi connectivity index (χ2v) is 11.7. The highest BCUT2D eigenvalue weighted by atomic mass is 16.4. The zero-order valence-corrected chi connectivity index (χ0v) is 25.8. The number of carbonyl (C=O) groups is 3. The molecule has 0 fully saturated rings. The Morgan fingerprint density at radius 1 is 0.450 bits per heavy atom. The van der Waals surface area contributed by atoms with E-state index in [4.69, 9.17) is 15.3 Å². The van der Waals surface area contributed by atoms with Gasteiger partial charge in [0, 0.05) is 19.3 Å². The van der Waals surface area contributed by atoms with Gasteiger partial charge in [0.1, 0.15) is 0 Å². The summed E-state index contributed by atoms with van der Waals surface area (Å²) in [6.45, 7) is 5.93. The standard InChI is InChI=1S/C33H61NO6/c1-2-3-4-5-6-7-8-9-10-11-12-13-14-15-16-20-27-34(28-21-17-24-31(35)36,29-22-18-25-32(37)38)30-23-19-26-33(39)40/h8-9H,2-7,10-30H2,1H3,(H2-,35,36,37,38,39,40)/p+1/b9-8+. The average Bonchev–Trinajstić information content (AvgIpc) is 2.91. The van der Waals surface area contributed by atoms with Gasteiger partial charge in [0.2, 0.25) is 0 Å². The van der Waals surface area contributed by atoms with Gasteiger partial charge >= 0.3 is 17.9 Å². The van der Waals surface area contributed by atoms with Gasteiger partial charge < -0.3 is 19.8 Å². The summed E-state index contributed by atoms with van der Waals surface area (Å²) in [5, 5.41) is 27.1. The number of hydrogen-bond acceptors (Lipinski definition) is 3. The van der Waals surface area contributed by atoms with Crippen molar-refractivity contribution in [2.24, 2.45) is 0 Å². The van der Waals surface area contributed by atoms with E-state index in [0.717, 1.165) is 56.3 Å². The molecule has 0 amide bonds. The fourth-order valence-electron chi connectivity index (χ4n) is 5.54. The maximum Gasteiger partial charge on any atom is 0.303 e. The summed E-state index contributed by atoms with van der Waals surface area (Å²) in [4.78, 5) is 33.0. The molecule has 0 unspecified atom stereocenters. The lowest BCUT2D eigenvalue weighted by Crippen LogP contribution is -2.51. The lowest BCUT2D eigenvalue weighted by molar-refractivity contribution is -0.929. The van der Waals surface area contributed by atoms with Crippen LogP contribution in [0.4, 0.5) is 0 Å².